The summed E-state index contributed by atoms with van der Waals surface area (Å²) in [5, 5.41) is 11.6. The van der Waals surface area contributed by atoms with Crippen LogP contribution in [0.15, 0.2) is 90.8 Å². The van der Waals surface area contributed by atoms with Crippen molar-refractivity contribution in [2.45, 2.75) is 84.6 Å². The minimum Gasteiger partial charge on any atom is -1.00 e. The van der Waals surface area contributed by atoms with Crippen LogP contribution in [-0.2, 0) is 12.0 Å². The van der Waals surface area contributed by atoms with E-state index in [4.69, 9.17) is 0 Å². The normalized spacial score (nSPS) is 15.7. The van der Waals surface area contributed by atoms with Gasteiger partial charge in [0.15, 0.2) is 5.69 Å². The van der Waals surface area contributed by atoms with Gasteiger partial charge in [-0.25, -0.2) is 0 Å². The molecule has 1 aliphatic rings. The van der Waals surface area contributed by atoms with Crippen LogP contribution in [0.4, 0.5) is 5.69 Å². The van der Waals surface area contributed by atoms with Crippen LogP contribution < -0.4 is 27.5 Å². The summed E-state index contributed by atoms with van der Waals surface area (Å²) in [5.74, 6) is 0. The molecule has 0 saturated carbocycles. The maximum Gasteiger partial charge on any atom is 0.164 e. The van der Waals surface area contributed by atoms with Gasteiger partial charge in [-0.3, -0.25) is 5.01 Å². The smallest absolute Gasteiger partial charge is 0.164 e. The maximum atomic E-state index is 3.84. The van der Waals surface area contributed by atoms with Gasteiger partial charge >= 0.3 is 0 Å². The first-order valence-electron chi connectivity index (χ1n) is 15.3. The lowest BCUT2D eigenvalue weighted by atomic mass is 9.87. The number of halogens is 1. The highest BCUT2D eigenvalue weighted by Gasteiger charge is 2.28. The minimum absolute atomic E-state index is 0. The molecule has 2 N–H and O–H groups in total. The average molecular weight is 611 g/mol. The van der Waals surface area contributed by atoms with Crippen molar-refractivity contribution in [3.05, 3.63) is 102 Å². The molecule has 4 heteroatoms. The largest absolute Gasteiger partial charge is 1.00 e. The Balaban J connectivity index is 0.00000337. The summed E-state index contributed by atoms with van der Waals surface area (Å²) in [5.41, 5.74) is 9.42. The molecule has 0 fully saturated rings. The summed E-state index contributed by atoms with van der Waals surface area (Å²) in [6, 6.07) is 29.6. The molecule has 5 aromatic rings. The number of hydrazine groups is 1. The Hall–Kier alpha value is -2.92. The molecule has 0 saturated heterocycles. The van der Waals surface area contributed by atoms with Crippen molar-refractivity contribution in [3.8, 4) is 0 Å². The van der Waals surface area contributed by atoms with Crippen LogP contribution in [0.2, 0.25) is 0 Å². The number of nitrogens with one attached hydrogen (secondary N) is 2. The van der Waals surface area contributed by atoms with Crippen molar-refractivity contribution in [2.75, 3.05) is 0 Å². The van der Waals surface area contributed by atoms with E-state index in [1.807, 2.05) is 0 Å². The first kappa shape index (κ1) is 29.6. The molecule has 0 aromatic heterocycles. The summed E-state index contributed by atoms with van der Waals surface area (Å²) in [7, 11) is 0. The Labute approximate surface area is 256 Å². The van der Waals surface area contributed by atoms with Gasteiger partial charge in [0.2, 0.25) is 0 Å². The van der Waals surface area contributed by atoms with Crippen LogP contribution >= 0.6 is 0 Å². The molecule has 0 aliphatic carbocycles. The topological polar surface area (TPSA) is 19.7 Å². The van der Waals surface area contributed by atoms with Crippen LogP contribution in [0, 0.1) is 0 Å². The lowest BCUT2D eigenvalue weighted by Crippen LogP contribution is -3.09. The second-order valence-corrected chi connectivity index (χ2v) is 12.7. The van der Waals surface area contributed by atoms with Crippen LogP contribution in [0.5, 0.6) is 0 Å². The first-order chi connectivity index (χ1) is 19.4. The van der Waals surface area contributed by atoms with E-state index in [1.165, 1.54) is 98.4 Å². The number of hydrogen-bond acceptors (Lipinski definition) is 2. The Bertz CT molecular complexity index is 1610. The van der Waals surface area contributed by atoms with Crippen molar-refractivity contribution in [2.24, 2.45) is 0 Å². The Morgan fingerprint density at radius 2 is 1.34 bits per heavy atom. The zero-order valence-electron chi connectivity index (χ0n) is 25.1. The summed E-state index contributed by atoms with van der Waals surface area (Å²) in [4.78, 5) is 0. The second-order valence-electron chi connectivity index (χ2n) is 12.7. The molecule has 1 heterocycles. The zero-order valence-corrected chi connectivity index (χ0v) is 26.7. The zero-order chi connectivity index (χ0) is 27.7. The molecule has 5 aromatic carbocycles. The van der Waals surface area contributed by atoms with E-state index in [-0.39, 0.29) is 22.4 Å². The number of rotatable bonds is 10. The van der Waals surface area contributed by atoms with Crippen molar-refractivity contribution < 1.29 is 22.0 Å². The quantitative estimate of drug-likeness (QED) is 0.151. The molecule has 0 amide bonds. The minimum atomic E-state index is 0. The molecule has 0 radical (unpaired) electrons. The second kappa shape index (κ2) is 12.5. The molecular weight excluding hydrogens is 566 g/mol. The summed E-state index contributed by atoms with van der Waals surface area (Å²) < 4.78 is 0. The van der Waals surface area contributed by atoms with Gasteiger partial charge in [0.25, 0.3) is 0 Å². The Kier molecular flexibility index (Phi) is 9.03. The predicted molar refractivity (Wildman–Crippen MR) is 171 cm³/mol. The molecular formula is C37H44BrN3. The van der Waals surface area contributed by atoms with Crippen LogP contribution in [0.3, 0.4) is 0 Å². The van der Waals surface area contributed by atoms with Gasteiger partial charge in [0, 0.05) is 16.8 Å². The van der Waals surface area contributed by atoms with Gasteiger partial charge in [0.1, 0.15) is 6.20 Å². The van der Waals surface area contributed by atoms with Gasteiger partial charge in [-0.1, -0.05) is 126 Å². The van der Waals surface area contributed by atoms with E-state index >= 15 is 0 Å². The predicted octanol–water partition coefficient (Wildman–Crippen LogP) is 5.93. The fraction of sp³-hybridized carbons (Fsp3) is 0.351. The molecule has 41 heavy (non-hydrogen) atoms. The van der Waals surface area contributed by atoms with Gasteiger partial charge in [-0.15, -0.1) is 0 Å². The molecule has 1 aliphatic heterocycles. The highest BCUT2D eigenvalue weighted by molar-refractivity contribution is 6.24. The molecule has 1 unspecified atom stereocenters. The number of benzene rings is 5. The fourth-order valence-electron chi connectivity index (χ4n) is 6.33. The number of unbranched alkanes of at least 4 members (excludes halogenated alkanes) is 5. The summed E-state index contributed by atoms with van der Waals surface area (Å²) in [6.45, 7) is 9.99. The lowest BCUT2D eigenvalue weighted by Gasteiger charge is -2.23. The van der Waals surface area contributed by atoms with Crippen molar-refractivity contribution in [1.82, 2.24) is 10.5 Å². The molecule has 0 spiro atoms. The van der Waals surface area contributed by atoms with E-state index in [1.54, 1.807) is 0 Å². The van der Waals surface area contributed by atoms with Gasteiger partial charge in [-0.05, 0) is 63.1 Å². The monoisotopic (exact) mass is 609 g/mol. The van der Waals surface area contributed by atoms with Crippen LogP contribution in [-0.4, -0.2) is 5.01 Å². The van der Waals surface area contributed by atoms with E-state index in [9.17, 15) is 0 Å². The van der Waals surface area contributed by atoms with E-state index < -0.39 is 0 Å². The van der Waals surface area contributed by atoms with Crippen molar-refractivity contribution in [1.29, 1.82) is 0 Å². The number of hydrogen-bond donors (Lipinski definition) is 2. The average Bonchev–Trinajstić information content (AvgIpc) is 3.35. The van der Waals surface area contributed by atoms with Crippen molar-refractivity contribution >= 4 is 38.0 Å². The van der Waals surface area contributed by atoms with Gasteiger partial charge in [0.05, 0.1) is 12.2 Å². The maximum absolute atomic E-state index is 3.84. The molecule has 3 nitrogen and oxygen atoms in total. The van der Waals surface area contributed by atoms with Gasteiger partial charge in [-0.2, -0.15) is 5.01 Å². The van der Waals surface area contributed by atoms with Crippen LogP contribution in [0.1, 0.15) is 83.8 Å². The van der Waals surface area contributed by atoms with Gasteiger partial charge < -0.3 is 17.0 Å². The highest BCUT2D eigenvalue weighted by atomic mass is 79.9. The lowest BCUT2D eigenvalue weighted by molar-refractivity contribution is -0.834. The molecule has 6 rings (SSSR count). The summed E-state index contributed by atoms with van der Waals surface area (Å²) in [6.07, 6.45) is 11.4. The third kappa shape index (κ3) is 6.16. The molecule has 214 valence electrons. The standard InChI is InChI=1S/C37H43N3.BrH/c1-5-6-7-8-9-10-14-32-26-40(38-39(32)25-27-15-21-31(22-16-27)37(2,3)4)34-24-20-30-18-17-28-12-11-13-29-19-23-33(34)36(30)35(28)29;/h11-13,15-24,26,38H,5-10,14,25H2,1-4H3;1H. The number of nitrogens with zero attached hydrogens (tertiary/aromatic N) is 1. The summed E-state index contributed by atoms with van der Waals surface area (Å²) >= 11 is 0. The third-order valence-corrected chi connectivity index (χ3v) is 8.68. The fourth-order valence-corrected chi connectivity index (χ4v) is 6.33. The SMILES string of the molecule is CCCCCCCCC1=C[NH+](c2ccc3ccc4cccc5ccc2c3c45)NN1Cc1ccc(C(C)(C)C)cc1.[Br-]. The third-order valence-electron chi connectivity index (χ3n) is 8.68. The van der Waals surface area contributed by atoms with E-state index in [0.717, 1.165) is 13.0 Å². The first-order valence-corrected chi connectivity index (χ1v) is 15.3. The highest BCUT2D eigenvalue weighted by Crippen LogP contribution is 2.37. The van der Waals surface area contributed by atoms with E-state index in [0.29, 0.717) is 0 Å². The van der Waals surface area contributed by atoms with Crippen molar-refractivity contribution in [3.63, 3.8) is 0 Å². The van der Waals surface area contributed by atoms with Crippen LogP contribution in [0.25, 0.3) is 32.3 Å². The molecule has 0 bridgehead atoms. The number of allylic oxidation sites excluding steroid dienone is 1. The Morgan fingerprint density at radius 3 is 2.05 bits per heavy atom. The molecule has 1 atom stereocenters. The van der Waals surface area contributed by atoms with E-state index in [2.05, 4.69) is 123 Å². The number of quaternary nitrogens is 1. The Morgan fingerprint density at radius 1 is 0.707 bits per heavy atom.